The van der Waals surface area contributed by atoms with Crippen LogP contribution in [0.1, 0.15) is 39.5 Å². The Morgan fingerprint density at radius 1 is 1.43 bits per heavy atom. The monoisotopic (exact) mass is 310 g/mol. The molecular weight excluding hydrogens is 291 g/mol. The minimum atomic E-state index is 0.0186. The van der Waals surface area contributed by atoms with Gasteiger partial charge in [-0.25, -0.2) is 0 Å². The minimum Gasteiger partial charge on any atom is -0.466 e. The number of hydrogen-bond acceptors (Lipinski definition) is 2. The van der Waals surface area contributed by atoms with Crippen LogP contribution in [-0.2, 0) is 9.53 Å². The van der Waals surface area contributed by atoms with E-state index >= 15 is 0 Å². The first-order chi connectivity index (χ1) is 6.69. The zero-order valence-corrected chi connectivity index (χ0v) is 11.1. The lowest BCUT2D eigenvalue weighted by atomic mass is 9.80. The fraction of sp³-hybridized carbons (Fsp3) is 0.909. The molecule has 0 bridgehead atoms. The molecule has 2 nitrogen and oxygen atoms in total. The summed E-state index contributed by atoms with van der Waals surface area (Å²) >= 11 is 2.40. The lowest BCUT2D eigenvalue weighted by molar-refractivity contribution is -0.149. The number of alkyl halides is 1. The van der Waals surface area contributed by atoms with Gasteiger partial charge in [0.1, 0.15) is 0 Å². The average Bonchev–Trinajstić information content (AvgIpc) is 2.19. The molecule has 0 spiro atoms. The van der Waals surface area contributed by atoms with Crippen molar-refractivity contribution in [2.24, 2.45) is 11.8 Å². The van der Waals surface area contributed by atoms with Gasteiger partial charge < -0.3 is 4.74 Å². The molecule has 82 valence electrons. The molecule has 3 atom stereocenters. The third-order valence-corrected chi connectivity index (χ3v) is 4.53. The smallest absolute Gasteiger partial charge is 0.309 e. The zero-order valence-electron chi connectivity index (χ0n) is 8.96. The Labute approximate surface area is 99.9 Å². The maximum absolute atomic E-state index is 11.6. The fourth-order valence-corrected chi connectivity index (χ4v) is 3.03. The predicted molar refractivity (Wildman–Crippen MR) is 65.6 cm³/mol. The quantitative estimate of drug-likeness (QED) is 0.455. The maximum Gasteiger partial charge on any atom is 0.309 e. The van der Waals surface area contributed by atoms with Gasteiger partial charge in [0, 0.05) is 3.92 Å². The number of hydrogen-bond donors (Lipinski definition) is 0. The normalized spacial score (nSPS) is 32.6. The number of carbonyl (C=O) groups excluding carboxylic acids is 1. The van der Waals surface area contributed by atoms with Crippen molar-refractivity contribution in [2.75, 3.05) is 6.61 Å². The van der Waals surface area contributed by atoms with Crippen LogP contribution in [0.4, 0.5) is 0 Å². The van der Waals surface area contributed by atoms with Gasteiger partial charge in [0.2, 0.25) is 0 Å². The van der Waals surface area contributed by atoms with Gasteiger partial charge in [-0.05, 0) is 32.1 Å². The summed E-state index contributed by atoms with van der Waals surface area (Å²) in [7, 11) is 0. The van der Waals surface area contributed by atoms with E-state index in [0.717, 1.165) is 12.3 Å². The summed E-state index contributed by atoms with van der Waals surface area (Å²) in [6.07, 6.45) is 4.67. The Hall–Kier alpha value is 0.200. The summed E-state index contributed by atoms with van der Waals surface area (Å²) in [6, 6.07) is 0. The van der Waals surface area contributed by atoms with Crippen molar-refractivity contribution in [3.05, 3.63) is 0 Å². The molecule has 1 aliphatic rings. The van der Waals surface area contributed by atoms with Gasteiger partial charge in [-0.1, -0.05) is 35.9 Å². The molecule has 0 saturated heterocycles. The van der Waals surface area contributed by atoms with Crippen LogP contribution < -0.4 is 0 Å². The Bertz CT molecular complexity index is 194. The predicted octanol–water partition coefficient (Wildman–Crippen LogP) is 3.18. The van der Waals surface area contributed by atoms with E-state index in [9.17, 15) is 4.79 Å². The summed E-state index contributed by atoms with van der Waals surface area (Å²) in [5.74, 6) is 0.898. The van der Waals surface area contributed by atoms with Crippen LogP contribution >= 0.6 is 22.6 Å². The molecule has 0 aromatic heterocycles. The first kappa shape index (κ1) is 12.3. The van der Waals surface area contributed by atoms with E-state index < -0.39 is 0 Å². The molecule has 1 aliphatic carbocycles. The van der Waals surface area contributed by atoms with Gasteiger partial charge >= 0.3 is 5.97 Å². The van der Waals surface area contributed by atoms with E-state index in [0.29, 0.717) is 10.5 Å². The topological polar surface area (TPSA) is 26.3 Å². The maximum atomic E-state index is 11.6. The molecule has 14 heavy (non-hydrogen) atoms. The van der Waals surface area contributed by atoms with E-state index in [1.807, 2.05) is 6.92 Å². The third kappa shape index (κ3) is 3.11. The van der Waals surface area contributed by atoms with Crippen molar-refractivity contribution >= 4 is 28.6 Å². The van der Waals surface area contributed by atoms with Gasteiger partial charge in [0.15, 0.2) is 0 Å². The number of rotatable bonds is 3. The van der Waals surface area contributed by atoms with E-state index in [1.54, 1.807) is 0 Å². The first-order valence-corrected chi connectivity index (χ1v) is 6.74. The largest absolute Gasteiger partial charge is 0.466 e. The fourth-order valence-electron chi connectivity index (χ4n) is 2.08. The Balaban J connectivity index is 2.51. The van der Waals surface area contributed by atoms with Crippen LogP contribution in [0.3, 0.4) is 0 Å². The molecule has 3 unspecified atom stereocenters. The number of ether oxygens (including phenoxy) is 1. The molecule has 1 rings (SSSR count). The van der Waals surface area contributed by atoms with Crippen LogP contribution in [0.2, 0.25) is 0 Å². The first-order valence-electron chi connectivity index (χ1n) is 5.49. The van der Waals surface area contributed by atoms with Crippen LogP contribution in [0.15, 0.2) is 0 Å². The Morgan fingerprint density at radius 3 is 2.71 bits per heavy atom. The van der Waals surface area contributed by atoms with Gasteiger partial charge in [-0.3, -0.25) is 4.79 Å². The molecule has 1 fully saturated rings. The highest BCUT2D eigenvalue weighted by Gasteiger charge is 2.33. The van der Waals surface area contributed by atoms with Crippen molar-refractivity contribution < 1.29 is 9.53 Å². The van der Waals surface area contributed by atoms with Crippen LogP contribution in [-0.4, -0.2) is 16.5 Å². The molecule has 0 aliphatic heterocycles. The lowest BCUT2D eigenvalue weighted by Gasteiger charge is -2.31. The number of carbonyl (C=O) groups is 1. The van der Waals surface area contributed by atoms with E-state index in [1.165, 1.54) is 19.3 Å². The van der Waals surface area contributed by atoms with Gasteiger partial charge in [-0.15, -0.1) is 0 Å². The summed E-state index contributed by atoms with van der Waals surface area (Å²) in [5, 5.41) is 0. The molecule has 0 N–H and O–H groups in total. The second-order valence-electron chi connectivity index (χ2n) is 3.96. The highest BCUT2D eigenvalue weighted by molar-refractivity contribution is 14.1. The standard InChI is InChI=1S/C11H19IO2/c1-3-8-5-6-10(12)9(7-8)11(13)14-4-2/h8-10H,3-7H2,1-2H3. The van der Waals surface area contributed by atoms with Crippen LogP contribution in [0.25, 0.3) is 0 Å². The lowest BCUT2D eigenvalue weighted by Crippen LogP contribution is -2.32. The minimum absolute atomic E-state index is 0.0186. The Kier molecular flexibility index (Phi) is 5.20. The molecule has 0 heterocycles. The second-order valence-corrected chi connectivity index (χ2v) is 5.56. The van der Waals surface area contributed by atoms with Crippen molar-refractivity contribution in [2.45, 2.75) is 43.5 Å². The molecule has 0 amide bonds. The molecule has 0 radical (unpaired) electrons. The highest BCUT2D eigenvalue weighted by Crippen LogP contribution is 2.36. The van der Waals surface area contributed by atoms with E-state index in [4.69, 9.17) is 4.74 Å². The molecule has 0 aromatic rings. The van der Waals surface area contributed by atoms with E-state index in [-0.39, 0.29) is 11.9 Å². The summed E-state index contributed by atoms with van der Waals surface area (Å²) in [4.78, 5) is 11.6. The van der Waals surface area contributed by atoms with Gasteiger partial charge in [0.25, 0.3) is 0 Å². The van der Waals surface area contributed by atoms with Gasteiger partial charge in [-0.2, -0.15) is 0 Å². The molecule has 0 aromatic carbocycles. The van der Waals surface area contributed by atoms with Crippen molar-refractivity contribution in [1.29, 1.82) is 0 Å². The third-order valence-electron chi connectivity index (χ3n) is 3.04. The van der Waals surface area contributed by atoms with Crippen LogP contribution in [0.5, 0.6) is 0 Å². The van der Waals surface area contributed by atoms with Crippen molar-refractivity contribution in [3.63, 3.8) is 0 Å². The summed E-state index contributed by atoms with van der Waals surface area (Å²) in [5.41, 5.74) is 0. The number of halogens is 1. The number of esters is 1. The SMILES string of the molecule is CCOC(=O)C1CC(CC)CCC1I. The molecule has 1 saturated carbocycles. The van der Waals surface area contributed by atoms with Crippen LogP contribution in [0, 0.1) is 11.8 Å². The van der Waals surface area contributed by atoms with Crippen molar-refractivity contribution in [3.8, 4) is 0 Å². The second kappa shape index (κ2) is 5.93. The van der Waals surface area contributed by atoms with Crippen molar-refractivity contribution in [1.82, 2.24) is 0 Å². The summed E-state index contributed by atoms with van der Waals surface area (Å²) < 4.78 is 5.58. The highest BCUT2D eigenvalue weighted by atomic mass is 127. The van der Waals surface area contributed by atoms with E-state index in [2.05, 4.69) is 29.5 Å². The zero-order chi connectivity index (χ0) is 10.6. The summed E-state index contributed by atoms with van der Waals surface area (Å²) in [6.45, 7) is 4.59. The van der Waals surface area contributed by atoms with Gasteiger partial charge in [0.05, 0.1) is 12.5 Å². The Morgan fingerprint density at radius 2 is 2.14 bits per heavy atom. The average molecular weight is 310 g/mol. The molecule has 3 heteroatoms. The molecular formula is C11H19IO2.